The molecule has 4 aromatic rings. The number of unbranched alkanes of at least 4 members (excludes halogenated alkanes) is 1. The monoisotopic (exact) mass is 401 g/mol. The lowest BCUT2D eigenvalue weighted by atomic mass is 10.0. The molecular weight excluding hydrogens is 382 g/mol. The van der Waals surface area contributed by atoms with E-state index < -0.39 is 0 Å². The molecular formula is C23H19N3S2. The second-order valence-electron chi connectivity index (χ2n) is 6.35. The summed E-state index contributed by atoms with van der Waals surface area (Å²) in [5.74, 6) is 0. The normalized spacial score (nSPS) is 10.5. The van der Waals surface area contributed by atoms with Crippen LogP contribution < -0.4 is 5.32 Å². The van der Waals surface area contributed by atoms with Gasteiger partial charge in [-0.05, 0) is 64.7 Å². The van der Waals surface area contributed by atoms with Crippen LogP contribution in [0.25, 0.3) is 32.3 Å². The minimum Gasteiger partial charge on any atom is -0.385 e. The fraction of sp³-hybridized carbons (Fsp3) is 0.130. The summed E-state index contributed by atoms with van der Waals surface area (Å²) in [5.41, 5.74) is 5.43. The van der Waals surface area contributed by atoms with Gasteiger partial charge >= 0.3 is 0 Å². The summed E-state index contributed by atoms with van der Waals surface area (Å²) in [5, 5.41) is 16.2. The van der Waals surface area contributed by atoms with Gasteiger partial charge in [-0.2, -0.15) is 5.26 Å². The smallest absolute Gasteiger partial charge is 0.0815 e. The summed E-state index contributed by atoms with van der Waals surface area (Å²) < 4.78 is 0. The van der Waals surface area contributed by atoms with Crippen LogP contribution in [0.15, 0.2) is 71.4 Å². The van der Waals surface area contributed by atoms with Crippen molar-refractivity contribution in [3.05, 3.63) is 71.4 Å². The molecule has 0 fully saturated rings. The van der Waals surface area contributed by atoms with Gasteiger partial charge in [0.2, 0.25) is 0 Å². The number of benzene rings is 1. The minimum atomic E-state index is 0.582. The Bertz CT molecular complexity index is 1010. The van der Waals surface area contributed by atoms with Crippen LogP contribution in [0.5, 0.6) is 0 Å². The molecule has 0 bridgehead atoms. The second-order valence-corrected chi connectivity index (χ2v) is 8.24. The Balaban J connectivity index is 1.64. The van der Waals surface area contributed by atoms with Crippen molar-refractivity contribution in [2.45, 2.75) is 12.8 Å². The van der Waals surface area contributed by atoms with E-state index in [9.17, 15) is 0 Å². The minimum absolute atomic E-state index is 0.582. The fourth-order valence-electron chi connectivity index (χ4n) is 2.98. The van der Waals surface area contributed by atoms with Gasteiger partial charge in [0, 0.05) is 18.7 Å². The van der Waals surface area contributed by atoms with Crippen LogP contribution in [-0.2, 0) is 0 Å². The highest BCUT2D eigenvalue weighted by molar-refractivity contribution is 7.13. The predicted molar refractivity (Wildman–Crippen MR) is 120 cm³/mol. The van der Waals surface area contributed by atoms with Crippen molar-refractivity contribution < 1.29 is 0 Å². The SMILES string of the molecule is N#CCCCNc1ccc(-c2cc(-c3cccs3)nc(-c3cccs3)c2)cc1. The molecule has 3 heterocycles. The van der Waals surface area contributed by atoms with E-state index in [0.717, 1.165) is 35.6 Å². The number of rotatable bonds is 7. The van der Waals surface area contributed by atoms with E-state index >= 15 is 0 Å². The molecule has 138 valence electrons. The fourth-order valence-corrected chi connectivity index (χ4v) is 4.35. The number of nitriles is 1. The van der Waals surface area contributed by atoms with Crippen molar-refractivity contribution in [1.29, 1.82) is 5.26 Å². The highest BCUT2D eigenvalue weighted by Crippen LogP contribution is 2.33. The van der Waals surface area contributed by atoms with E-state index in [1.165, 1.54) is 15.3 Å². The third-order valence-corrected chi connectivity index (χ3v) is 6.17. The zero-order chi connectivity index (χ0) is 19.2. The summed E-state index contributed by atoms with van der Waals surface area (Å²) in [6, 6.07) is 23.3. The topological polar surface area (TPSA) is 48.7 Å². The van der Waals surface area contributed by atoms with E-state index in [1.807, 2.05) is 0 Å². The van der Waals surface area contributed by atoms with E-state index in [2.05, 4.69) is 82.8 Å². The number of nitrogens with zero attached hydrogens (tertiary/aromatic N) is 2. The molecule has 0 saturated heterocycles. The molecule has 0 saturated carbocycles. The molecule has 0 radical (unpaired) electrons. The largest absolute Gasteiger partial charge is 0.385 e. The first kappa shape index (κ1) is 18.4. The van der Waals surface area contributed by atoms with Gasteiger partial charge < -0.3 is 5.32 Å². The molecule has 28 heavy (non-hydrogen) atoms. The van der Waals surface area contributed by atoms with Gasteiger partial charge in [0.15, 0.2) is 0 Å². The second kappa shape index (κ2) is 8.83. The lowest BCUT2D eigenvalue weighted by molar-refractivity contribution is 0.898. The highest BCUT2D eigenvalue weighted by atomic mass is 32.1. The number of hydrogen-bond donors (Lipinski definition) is 1. The Labute approximate surface area is 173 Å². The molecule has 3 aromatic heterocycles. The number of thiophene rings is 2. The molecule has 0 spiro atoms. The van der Waals surface area contributed by atoms with Crippen LogP contribution in [-0.4, -0.2) is 11.5 Å². The maximum Gasteiger partial charge on any atom is 0.0815 e. The van der Waals surface area contributed by atoms with Crippen LogP contribution in [0, 0.1) is 11.3 Å². The molecule has 3 nitrogen and oxygen atoms in total. The van der Waals surface area contributed by atoms with Crippen LogP contribution in [0.1, 0.15) is 12.8 Å². The van der Waals surface area contributed by atoms with E-state index in [0.29, 0.717) is 6.42 Å². The van der Waals surface area contributed by atoms with E-state index in [-0.39, 0.29) is 0 Å². The van der Waals surface area contributed by atoms with E-state index in [1.54, 1.807) is 22.7 Å². The van der Waals surface area contributed by atoms with Gasteiger partial charge in [0.1, 0.15) is 0 Å². The summed E-state index contributed by atoms with van der Waals surface area (Å²) in [7, 11) is 0. The highest BCUT2D eigenvalue weighted by Gasteiger charge is 2.10. The predicted octanol–water partition coefficient (Wildman–Crippen LogP) is 6.92. The van der Waals surface area contributed by atoms with Gasteiger partial charge in [-0.25, -0.2) is 4.98 Å². The van der Waals surface area contributed by atoms with Gasteiger partial charge in [-0.3, -0.25) is 0 Å². The quantitative estimate of drug-likeness (QED) is 0.342. The third-order valence-electron chi connectivity index (χ3n) is 4.39. The van der Waals surface area contributed by atoms with Crippen molar-refractivity contribution in [2.24, 2.45) is 0 Å². The van der Waals surface area contributed by atoms with Crippen molar-refractivity contribution in [3.8, 4) is 38.3 Å². The van der Waals surface area contributed by atoms with Gasteiger partial charge in [-0.15, -0.1) is 22.7 Å². The summed E-state index contributed by atoms with van der Waals surface area (Å²) in [4.78, 5) is 7.25. The Morgan fingerprint density at radius 2 is 1.50 bits per heavy atom. The maximum atomic E-state index is 8.63. The number of aromatic nitrogens is 1. The van der Waals surface area contributed by atoms with Crippen LogP contribution in [0.2, 0.25) is 0 Å². The van der Waals surface area contributed by atoms with Crippen molar-refractivity contribution in [1.82, 2.24) is 4.98 Å². The Morgan fingerprint density at radius 3 is 2.04 bits per heavy atom. The van der Waals surface area contributed by atoms with Crippen LogP contribution >= 0.6 is 22.7 Å². The Kier molecular flexibility index (Phi) is 5.81. The van der Waals surface area contributed by atoms with Crippen molar-refractivity contribution in [2.75, 3.05) is 11.9 Å². The standard InChI is InChI=1S/C23H19N3S2/c24-11-1-2-12-25-19-9-7-17(8-10-19)18-15-20(22-5-3-13-27-22)26-21(16-18)23-6-4-14-28-23/h3-10,13-16,25H,1-2,12H2. The first-order valence-electron chi connectivity index (χ1n) is 9.14. The van der Waals surface area contributed by atoms with E-state index in [4.69, 9.17) is 10.2 Å². The zero-order valence-corrected chi connectivity index (χ0v) is 16.9. The average molecular weight is 402 g/mol. The number of anilines is 1. The molecule has 5 heteroatoms. The maximum absolute atomic E-state index is 8.63. The van der Waals surface area contributed by atoms with Crippen LogP contribution in [0.4, 0.5) is 5.69 Å². The molecule has 1 aromatic carbocycles. The summed E-state index contributed by atoms with van der Waals surface area (Å²) >= 11 is 3.42. The first-order chi connectivity index (χ1) is 13.8. The first-order valence-corrected chi connectivity index (χ1v) is 10.9. The Hall–Kier alpha value is -2.94. The third kappa shape index (κ3) is 4.30. The Morgan fingerprint density at radius 1 is 0.857 bits per heavy atom. The van der Waals surface area contributed by atoms with Crippen molar-refractivity contribution in [3.63, 3.8) is 0 Å². The number of hydrogen-bond acceptors (Lipinski definition) is 5. The van der Waals surface area contributed by atoms with Gasteiger partial charge in [0.25, 0.3) is 0 Å². The lowest BCUT2D eigenvalue weighted by Gasteiger charge is -2.10. The molecule has 4 rings (SSSR count). The molecule has 0 atom stereocenters. The molecule has 0 aliphatic rings. The summed E-state index contributed by atoms with van der Waals surface area (Å²) in [6.07, 6.45) is 1.44. The van der Waals surface area contributed by atoms with Gasteiger partial charge in [0.05, 0.1) is 27.2 Å². The molecule has 1 N–H and O–H groups in total. The molecule has 0 unspecified atom stereocenters. The molecule has 0 amide bonds. The molecule has 0 aliphatic heterocycles. The van der Waals surface area contributed by atoms with Crippen LogP contribution in [0.3, 0.4) is 0 Å². The van der Waals surface area contributed by atoms with Gasteiger partial charge in [-0.1, -0.05) is 24.3 Å². The average Bonchev–Trinajstić information content (AvgIpc) is 3.46. The zero-order valence-electron chi connectivity index (χ0n) is 15.3. The molecule has 0 aliphatic carbocycles. The van der Waals surface area contributed by atoms with Crippen molar-refractivity contribution >= 4 is 28.4 Å². The number of nitrogens with one attached hydrogen (secondary N) is 1. The summed E-state index contributed by atoms with van der Waals surface area (Å²) in [6.45, 7) is 0.813. The number of pyridine rings is 1. The lowest BCUT2D eigenvalue weighted by Crippen LogP contribution is -2.00.